The standard InChI is InChI=1S/C27H18BrCl2N3O5S2/c1-38-19-10-15(9-17(28)23(19)35)21-20(22(34)13-5-3-2-4-6-13)24(36)25(37)33(21)26-31-32-27(40-26)39-12-14-7-8-16(29)11-18(14)30/h2-11,21,34-35H,12H2,1H3/b22-20-. The fourth-order valence-corrected chi connectivity index (χ4v) is 7.03. The number of ether oxygens (including phenoxy) is 1. The number of methoxy groups -OCH3 is 1. The van der Waals surface area contributed by atoms with Gasteiger partial charge < -0.3 is 14.9 Å². The number of benzene rings is 3. The topological polar surface area (TPSA) is 113 Å². The van der Waals surface area contributed by atoms with Gasteiger partial charge in [0.05, 0.1) is 23.2 Å². The van der Waals surface area contributed by atoms with Gasteiger partial charge in [0.25, 0.3) is 5.78 Å². The molecule has 1 unspecified atom stereocenters. The van der Waals surface area contributed by atoms with Crippen LogP contribution >= 0.6 is 62.2 Å². The lowest BCUT2D eigenvalue weighted by molar-refractivity contribution is -0.132. The van der Waals surface area contributed by atoms with Crippen LogP contribution in [-0.4, -0.2) is 39.2 Å². The molecule has 0 aliphatic carbocycles. The molecule has 4 aromatic rings. The summed E-state index contributed by atoms with van der Waals surface area (Å²) in [4.78, 5) is 28.0. The molecule has 3 aromatic carbocycles. The Labute approximate surface area is 255 Å². The van der Waals surface area contributed by atoms with Crippen molar-refractivity contribution in [2.24, 2.45) is 0 Å². The number of hydrogen-bond acceptors (Lipinski definition) is 9. The molecule has 40 heavy (non-hydrogen) atoms. The van der Waals surface area contributed by atoms with Crippen LogP contribution in [0.4, 0.5) is 5.13 Å². The van der Waals surface area contributed by atoms with Crippen molar-refractivity contribution < 1.29 is 24.5 Å². The third-order valence-corrected chi connectivity index (χ3v) is 9.34. The monoisotopic (exact) mass is 677 g/mol. The lowest BCUT2D eigenvalue weighted by Crippen LogP contribution is -2.29. The number of thioether (sulfide) groups is 1. The minimum Gasteiger partial charge on any atom is -0.507 e. The summed E-state index contributed by atoms with van der Waals surface area (Å²) in [6.45, 7) is 0. The van der Waals surface area contributed by atoms with Crippen LogP contribution in [0.15, 0.2) is 75.0 Å². The Kier molecular flexibility index (Phi) is 8.39. The number of Topliss-reactive ketones (excluding diaryl/α,β-unsaturated/α-hetero) is 1. The van der Waals surface area contributed by atoms with Gasteiger partial charge in [-0.25, -0.2) is 0 Å². The lowest BCUT2D eigenvalue weighted by Gasteiger charge is -2.23. The normalized spacial score (nSPS) is 16.5. The molecule has 0 spiro atoms. The van der Waals surface area contributed by atoms with E-state index in [0.29, 0.717) is 31.3 Å². The number of halogens is 3. The van der Waals surface area contributed by atoms with Crippen molar-refractivity contribution in [1.82, 2.24) is 10.2 Å². The van der Waals surface area contributed by atoms with E-state index in [-0.39, 0.29) is 32.4 Å². The molecule has 13 heteroatoms. The van der Waals surface area contributed by atoms with Crippen molar-refractivity contribution in [1.29, 1.82) is 0 Å². The summed E-state index contributed by atoms with van der Waals surface area (Å²) in [7, 11) is 1.38. The number of hydrogen-bond donors (Lipinski definition) is 2. The molecule has 8 nitrogen and oxygen atoms in total. The van der Waals surface area contributed by atoms with Crippen LogP contribution in [0.25, 0.3) is 5.76 Å². The molecule has 1 aliphatic rings. The Balaban J connectivity index is 1.58. The number of ketones is 1. The Morgan fingerprint density at radius 1 is 1.12 bits per heavy atom. The number of phenols is 1. The van der Waals surface area contributed by atoms with Gasteiger partial charge in [-0.15, -0.1) is 10.2 Å². The lowest BCUT2D eigenvalue weighted by atomic mass is 9.95. The first-order chi connectivity index (χ1) is 19.2. The van der Waals surface area contributed by atoms with Gasteiger partial charge in [-0.1, -0.05) is 82.7 Å². The molecule has 1 saturated heterocycles. The number of anilines is 1. The summed E-state index contributed by atoms with van der Waals surface area (Å²) in [6, 6.07) is 15.6. The molecule has 1 amide bonds. The number of carbonyl (C=O) groups excluding carboxylic acids is 2. The fraction of sp³-hybridized carbons (Fsp3) is 0.111. The van der Waals surface area contributed by atoms with Gasteiger partial charge in [-0.05, 0) is 51.3 Å². The molecule has 0 saturated carbocycles. The predicted octanol–water partition coefficient (Wildman–Crippen LogP) is 7.24. The maximum Gasteiger partial charge on any atom is 0.301 e. The summed E-state index contributed by atoms with van der Waals surface area (Å²) in [5, 5.41) is 31.2. The van der Waals surface area contributed by atoms with Crippen LogP contribution in [0.3, 0.4) is 0 Å². The first-order valence-electron chi connectivity index (χ1n) is 11.5. The zero-order valence-electron chi connectivity index (χ0n) is 20.5. The Morgan fingerprint density at radius 3 is 2.58 bits per heavy atom. The number of aliphatic hydroxyl groups excluding tert-OH is 1. The van der Waals surface area contributed by atoms with Crippen LogP contribution in [0.5, 0.6) is 11.5 Å². The van der Waals surface area contributed by atoms with Gasteiger partial charge in [-0.3, -0.25) is 14.5 Å². The zero-order chi connectivity index (χ0) is 28.6. The number of aromatic hydroxyl groups is 1. The summed E-state index contributed by atoms with van der Waals surface area (Å²) < 4.78 is 6.12. The molecule has 1 aromatic heterocycles. The highest BCUT2D eigenvalue weighted by molar-refractivity contribution is 9.10. The number of phenolic OH excluding ortho intramolecular Hbond substituents is 1. The van der Waals surface area contributed by atoms with Crippen molar-refractivity contribution in [2.75, 3.05) is 12.0 Å². The largest absolute Gasteiger partial charge is 0.507 e. The van der Waals surface area contributed by atoms with Gasteiger partial charge in [-0.2, -0.15) is 0 Å². The van der Waals surface area contributed by atoms with Gasteiger partial charge in [0.15, 0.2) is 15.8 Å². The minimum absolute atomic E-state index is 0.114. The molecule has 0 radical (unpaired) electrons. The second-order valence-corrected chi connectivity index (χ2v) is 12.3. The molecule has 2 heterocycles. The molecule has 1 atom stereocenters. The quantitative estimate of drug-likeness (QED) is 0.0692. The van der Waals surface area contributed by atoms with E-state index in [4.69, 9.17) is 27.9 Å². The summed E-state index contributed by atoms with van der Waals surface area (Å²) in [6.07, 6.45) is 0. The number of aliphatic hydroxyl groups is 1. The molecular weight excluding hydrogens is 661 g/mol. The first kappa shape index (κ1) is 28.4. The number of rotatable bonds is 7. The van der Waals surface area contributed by atoms with E-state index in [9.17, 15) is 19.8 Å². The van der Waals surface area contributed by atoms with Crippen LogP contribution in [0, 0.1) is 0 Å². The smallest absolute Gasteiger partial charge is 0.301 e. The molecule has 1 aliphatic heterocycles. The molecule has 204 valence electrons. The second kappa shape index (κ2) is 11.8. The van der Waals surface area contributed by atoms with Crippen molar-refractivity contribution in [3.63, 3.8) is 0 Å². The van der Waals surface area contributed by atoms with E-state index < -0.39 is 17.7 Å². The Hall–Kier alpha value is -3.09. The zero-order valence-corrected chi connectivity index (χ0v) is 25.2. The van der Waals surface area contributed by atoms with Crippen molar-refractivity contribution in [3.05, 3.63) is 97.4 Å². The summed E-state index contributed by atoms with van der Waals surface area (Å²) in [5.74, 6) is -1.66. The average Bonchev–Trinajstić information content (AvgIpc) is 3.51. The van der Waals surface area contributed by atoms with E-state index in [1.54, 1.807) is 48.5 Å². The van der Waals surface area contributed by atoms with Crippen LogP contribution in [-0.2, 0) is 15.3 Å². The van der Waals surface area contributed by atoms with Gasteiger partial charge >= 0.3 is 5.91 Å². The van der Waals surface area contributed by atoms with Crippen LogP contribution in [0.2, 0.25) is 10.0 Å². The third-order valence-electron chi connectivity index (χ3n) is 6.05. The van der Waals surface area contributed by atoms with Gasteiger partial charge in [0, 0.05) is 21.4 Å². The highest BCUT2D eigenvalue weighted by atomic mass is 79.9. The maximum atomic E-state index is 13.4. The van der Waals surface area contributed by atoms with Gasteiger partial charge in [0.1, 0.15) is 5.76 Å². The van der Waals surface area contributed by atoms with Crippen LogP contribution in [0.1, 0.15) is 22.7 Å². The molecule has 5 rings (SSSR count). The highest BCUT2D eigenvalue weighted by Gasteiger charge is 2.48. The van der Waals surface area contributed by atoms with E-state index in [1.165, 1.54) is 29.8 Å². The molecular formula is C27H18BrCl2N3O5S2. The summed E-state index contributed by atoms with van der Waals surface area (Å²) in [5.41, 5.74) is 1.48. The van der Waals surface area contributed by atoms with E-state index in [2.05, 4.69) is 26.1 Å². The average molecular weight is 679 g/mol. The van der Waals surface area contributed by atoms with Crippen molar-refractivity contribution >= 4 is 84.8 Å². The van der Waals surface area contributed by atoms with Crippen molar-refractivity contribution in [3.8, 4) is 11.5 Å². The molecule has 1 fully saturated rings. The third kappa shape index (κ3) is 5.44. The number of amides is 1. The van der Waals surface area contributed by atoms with E-state index in [1.807, 2.05) is 6.07 Å². The predicted molar refractivity (Wildman–Crippen MR) is 160 cm³/mol. The summed E-state index contributed by atoms with van der Waals surface area (Å²) >= 11 is 18.1. The SMILES string of the molecule is COc1cc(C2/C(=C(/O)c3ccccc3)C(=O)C(=O)N2c2nnc(SCc3ccc(Cl)cc3Cl)s2)cc(Br)c1O. The van der Waals surface area contributed by atoms with Crippen molar-refractivity contribution in [2.45, 2.75) is 16.1 Å². The second-order valence-electron chi connectivity index (χ2n) is 8.46. The molecule has 0 bridgehead atoms. The number of aromatic nitrogens is 2. The fourth-order valence-electron chi connectivity index (χ4n) is 4.14. The van der Waals surface area contributed by atoms with Crippen LogP contribution < -0.4 is 9.64 Å². The Morgan fingerprint density at radius 2 is 1.88 bits per heavy atom. The molecule has 2 N–H and O–H groups in total. The first-order valence-corrected chi connectivity index (χ1v) is 14.9. The number of carbonyl (C=O) groups is 2. The van der Waals surface area contributed by atoms with E-state index in [0.717, 1.165) is 16.9 Å². The maximum absolute atomic E-state index is 13.4. The van der Waals surface area contributed by atoms with Gasteiger partial charge in [0.2, 0.25) is 5.13 Å². The Bertz CT molecular complexity index is 1670. The highest BCUT2D eigenvalue weighted by Crippen LogP contribution is 2.47. The van der Waals surface area contributed by atoms with E-state index >= 15 is 0 Å². The minimum atomic E-state index is -1.08. The number of nitrogens with zero attached hydrogens (tertiary/aromatic N) is 3.